The molecule has 1 heterocycles. The minimum atomic E-state index is -0.650. The molecule has 5 nitrogen and oxygen atoms in total. The molecular formula is C16H33NO4. The van der Waals surface area contributed by atoms with Gasteiger partial charge < -0.3 is 24.2 Å². The zero-order valence-electron chi connectivity index (χ0n) is 14.6. The lowest BCUT2D eigenvalue weighted by Crippen LogP contribution is -2.56. The molecule has 5 heteroatoms. The standard InChI is InChI=1S/C16H33NO4/c1-8-13(16(4,9-2)19-7)21-15-14(18)12(17(5)6)10-11(3)20-15/h11-15,18H,8-10H2,1-7H3/t11-,12+,13-,14-,15+,16-/m1/s1. The van der Waals surface area contributed by atoms with Gasteiger partial charge in [0.1, 0.15) is 6.10 Å². The van der Waals surface area contributed by atoms with Gasteiger partial charge >= 0.3 is 0 Å². The first-order valence-corrected chi connectivity index (χ1v) is 7.99. The lowest BCUT2D eigenvalue weighted by Gasteiger charge is -2.44. The van der Waals surface area contributed by atoms with Crippen LogP contribution in [0.3, 0.4) is 0 Å². The molecule has 0 aromatic carbocycles. The first kappa shape index (κ1) is 18.8. The number of likely N-dealkylation sites (N-methyl/N-ethyl adjacent to an activating group) is 1. The van der Waals surface area contributed by atoms with Gasteiger partial charge in [0.2, 0.25) is 0 Å². The summed E-state index contributed by atoms with van der Waals surface area (Å²) in [5, 5.41) is 10.5. The van der Waals surface area contributed by atoms with Crippen LogP contribution in [0.25, 0.3) is 0 Å². The highest BCUT2D eigenvalue weighted by atomic mass is 16.7. The lowest BCUT2D eigenvalue weighted by molar-refractivity contribution is -0.289. The quantitative estimate of drug-likeness (QED) is 0.780. The molecule has 126 valence electrons. The van der Waals surface area contributed by atoms with Crippen LogP contribution in [0, 0.1) is 0 Å². The van der Waals surface area contributed by atoms with E-state index in [-0.39, 0.29) is 23.9 Å². The van der Waals surface area contributed by atoms with Gasteiger partial charge in [-0.1, -0.05) is 13.8 Å². The molecule has 0 aliphatic carbocycles. The molecule has 0 aromatic heterocycles. The normalized spacial score (nSPS) is 34.7. The van der Waals surface area contributed by atoms with Gasteiger partial charge in [0.05, 0.1) is 17.8 Å². The van der Waals surface area contributed by atoms with Crippen molar-refractivity contribution in [2.75, 3.05) is 21.2 Å². The summed E-state index contributed by atoms with van der Waals surface area (Å²) in [6.07, 6.45) is 1.16. The zero-order chi connectivity index (χ0) is 16.2. The number of nitrogens with zero attached hydrogens (tertiary/aromatic N) is 1. The summed E-state index contributed by atoms with van der Waals surface area (Å²) < 4.78 is 17.6. The number of hydrogen-bond donors (Lipinski definition) is 1. The van der Waals surface area contributed by atoms with Crippen molar-refractivity contribution in [3.8, 4) is 0 Å². The molecule has 0 saturated carbocycles. The molecule has 0 amide bonds. The molecule has 21 heavy (non-hydrogen) atoms. The van der Waals surface area contributed by atoms with Crippen molar-refractivity contribution in [1.29, 1.82) is 0 Å². The molecule has 0 aromatic rings. The Morgan fingerprint density at radius 2 is 2.00 bits per heavy atom. The molecule has 0 radical (unpaired) electrons. The average Bonchev–Trinajstić information content (AvgIpc) is 2.46. The van der Waals surface area contributed by atoms with E-state index < -0.39 is 12.4 Å². The number of methoxy groups -OCH3 is 1. The second-order valence-corrected chi connectivity index (χ2v) is 6.48. The van der Waals surface area contributed by atoms with Crippen molar-refractivity contribution in [3.63, 3.8) is 0 Å². The molecule has 1 N–H and O–H groups in total. The maximum atomic E-state index is 10.5. The summed E-state index contributed by atoms with van der Waals surface area (Å²) >= 11 is 0. The van der Waals surface area contributed by atoms with Crippen molar-refractivity contribution in [1.82, 2.24) is 4.90 Å². The van der Waals surface area contributed by atoms with Gasteiger partial charge in [0, 0.05) is 13.2 Å². The molecule has 6 atom stereocenters. The summed E-state index contributed by atoms with van der Waals surface area (Å²) in [6, 6.07) is 0.0479. The van der Waals surface area contributed by atoms with Crippen LogP contribution in [0.5, 0.6) is 0 Å². The largest absolute Gasteiger partial charge is 0.386 e. The fourth-order valence-electron chi connectivity index (χ4n) is 2.99. The van der Waals surface area contributed by atoms with E-state index in [2.05, 4.69) is 13.8 Å². The van der Waals surface area contributed by atoms with Crippen LogP contribution in [0.1, 0.15) is 47.0 Å². The highest BCUT2D eigenvalue weighted by Crippen LogP contribution is 2.30. The zero-order valence-corrected chi connectivity index (χ0v) is 14.6. The summed E-state index contributed by atoms with van der Waals surface area (Å²) in [4.78, 5) is 2.04. The van der Waals surface area contributed by atoms with Crippen molar-refractivity contribution in [3.05, 3.63) is 0 Å². The van der Waals surface area contributed by atoms with Gasteiger partial charge in [-0.2, -0.15) is 0 Å². The van der Waals surface area contributed by atoms with E-state index in [0.29, 0.717) is 0 Å². The van der Waals surface area contributed by atoms with Gasteiger partial charge in [0.15, 0.2) is 6.29 Å². The van der Waals surface area contributed by atoms with Gasteiger partial charge in [-0.3, -0.25) is 0 Å². The highest BCUT2D eigenvalue weighted by molar-refractivity contribution is 4.89. The Balaban J connectivity index is 2.82. The fraction of sp³-hybridized carbons (Fsp3) is 1.00. The summed E-state index contributed by atoms with van der Waals surface area (Å²) in [6.45, 7) is 8.22. The van der Waals surface area contributed by atoms with Gasteiger partial charge in [-0.25, -0.2) is 0 Å². The van der Waals surface area contributed by atoms with Crippen molar-refractivity contribution in [2.24, 2.45) is 0 Å². The maximum absolute atomic E-state index is 10.5. The second kappa shape index (κ2) is 7.88. The molecule has 1 aliphatic rings. The molecule has 1 fully saturated rings. The number of aliphatic hydroxyl groups excluding tert-OH is 1. The SMILES string of the molecule is CC[C@@H](O[C@@H]1O[C@H](C)C[C@H](N(C)C)[C@H]1O)[C@@](C)(CC)OC. The predicted octanol–water partition coefficient (Wildman–Crippen LogP) is 2.02. The summed E-state index contributed by atoms with van der Waals surface area (Å²) in [5.74, 6) is 0. The smallest absolute Gasteiger partial charge is 0.185 e. The number of ether oxygens (including phenoxy) is 3. The maximum Gasteiger partial charge on any atom is 0.185 e. The Labute approximate surface area is 129 Å². The highest BCUT2D eigenvalue weighted by Gasteiger charge is 2.42. The molecule has 1 saturated heterocycles. The van der Waals surface area contributed by atoms with Crippen LogP contribution in [-0.4, -0.2) is 67.5 Å². The monoisotopic (exact) mass is 303 g/mol. The Hall–Kier alpha value is -0.200. The van der Waals surface area contributed by atoms with Crippen LogP contribution in [0.2, 0.25) is 0 Å². The van der Waals surface area contributed by atoms with E-state index in [0.717, 1.165) is 19.3 Å². The minimum Gasteiger partial charge on any atom is -0.386 e. The van der Waals surface area contributed by atoms with Gasteiger partial charge in [-0.15, -0.1) is 0 Å². The van der Waals surface area contributed by atoms with E-state index in [1.54, 1.807) is 7.11 Å². The Kier molecular flexibility index (Phi) is 7.07. The third-order valence-corrected chi connectivity index (χ3v) is 4.79. The van der Waals surface area contributed by atoms with Gasteiger partial charge in [-0.05, 0) is 47.2 Å². The topological polar surface area (TPSA) is 51.2 Å². The second-order valence-electron chi connectivity index (χ2n) is 6.48. The average molecular weight is 303 g/mol. The number of hydrogen-bond acceptors (Lipinski definition) is 5. The molecule has 0 bridgehead atoms. The third kappa shape index (κ3) is 4.39. The third-order valence-electron chi connectivity index (χ3n) is 4.79. The van der Waals surface area contributed by atoms with Crippen molar-refractivity contribution in [2.45, 2.75) is 83.2 Å². The molecule has 1 rings (SSSR count). The van der Waals surface area contributed by atoms with E-state index in [9.17, 15) is 5.11 Å². The molecule has 0 spiro atoms. The molecular weight excluding hydrogens is 270 g/mol. The van der Waals surface area contributed by atoms with E-state index in [1.807, 2.05) is 32.8 Å². The first-order chi connectivity index (χ1) is 9.78. The minimum absolute atomic E-state index is 0.0479. The first-order valence-electron chi connectivity index (χ1n) is 7.99. The van der Waals surface area contributed by atoms with Crippen LogP contribution >= 0.6 is 0 Å². The predicted molar refractivity (Wildman–Crippen MR) is 83.3 cm³/mol. The Morgan fingerprint density at radius 1 is 1.38 bits per heavy atom. The van der Waals surface area contributed by atoms with Crippen LogP contribution in [0.15, 0.2) is 0 Å². The van der Waals surface area contributed by atoms with Gasteiger partial charge in [0.25, 0.3) is 0 Å². The fourth-order valence-corrected chi connectivity index (χ4v) is 2.99. The number of aliphatic hydroxyl groups is 1. The molecule has 0 unspecified atom stereocenters. The Bertz CT molecular complexity index is 307. The van der Waals surface area contributed by atoms with E-state index >= 15 is 0 Å². The Morgan fingerprint density at radius 3 is 2.43 bits per heavy atom. The van der Waals surface area contributed by atoms with Crippen LogP contribution in [-0.2, 0) is 14.2 Å². The van der Waals surface area contributed by atoms with E-state index in [4.69, 9.17) is 14.2 Å². The van der Waals surface area contributed by atoms with Crippen LogP contribution in [0.4, 0.5) is 0 Å². The number of rotatable bonds is 7. The summed E-state index contributed by atoms with van der Waals surface area (Å²) in [7, 11) is 5.66. The molecule has 1 aliphatic heterocycles. The van der Waals surface area contributed by atoms with Crippen molar-refractivity contribution >= 4 is 0 Å². The summed E-state index contributed by atoms with van der Waals surface area (Å²) in [5.41, 5.74) is -0.369. The van der Waals surface area contributed by atoms with E-state index in [1.165, 1.54) is 0 Å². The van der Waals surface area contributed by atoms with Crippen LogP contribution < -0.4 is 0 Å². The van der Waals surface area contributed by atoms with Crippen molar-refractivity contribution < 1.29 is 19.3 Å². The lowest BCUT2D eigenvalue weighted by atomic mass is 9.93.